The van der Waals surface area contributed by atoms with Crippen LogP contribution >= 0.6 is 0 Å². The molecule has 1 unspecified atom stereocenters. The monoisotopic (exact) mass is 273 g/mol. The Morgan fingerprint density at radius 1 is 1.37 bits per heavy atom. The Bertz CT molecular complexity index is 501. The molecule has 1 aromatic rings. The minimum atomic E-state index is -4.44. The summed E-state index contributed by atoms with van der Waals surface area (Å²) in [4.78, 5) is 12.7. The smallest absolute Gasteiger partial charge is 0.383 e. The van der Waals surface area contributed by atoms with E-state index in [0.717, 1.165) is 12.1 Å². The zero-order chi connectivity index (χ0) is 14.3. The summed E-state index contributed by atoms with van der Waals surface area (Å²) in [7, 11) is 1.53. The van der Waals surface area contributed by atoms with Crippen molar-refractivity contribution in [3.63, 3.8) is 0 Å². The fourth-order valence-corrected chi connectivity index (χ4v) is 2.28. The number of halogens is 3. The summed E-state index contributed by atoms with van der Waals surface area (Å²) in [5.41, 5.74) is -2.01. The minimum absolute atomic E-state index is 0.00709. The lowest BCUT2D eigenvalue weighted by Crippen LogP contribution is -2.47. The number of β-amino-alcohol motifs (C(OH)–C–C–N with tert-alkyl or cyclic N) is 1. The number of carbonyl (C=O) groups excluding carboxylic acids is 1. The van der Waals surface area contributed by atoms with E-state index in [0.29, 0.717) is 0 Å². The predicted octanol–water partition coefficient (Wildman–Crippen LogP) is 2.15. The molecule has 3 nitrogen and oxygen atoms in total. The number of amides is 1. The van der Waals surface area contributed by atoms with E-state index in [1.807, 2.05) is 0 Å². The molecular weight excluding hydrogens is 259 g/mol. The lowest BCUT2D eigenvalue weighted by atomic mass is 9.85. The number of nitrogens with zero attached hydrogens (tertiary/aromatic N) is 1. The van der Waals surface area contributed by atoms with Crippen molar-refractivity contribution in [3.05, 3.63) is 35.4 Å². The van der Waals surface area contributed by atoms with E-state index >= 15 is 0 Å². The number of carbonyl (C=O) groups is 1. The summed E-state index contributed by atoms with van der Waals surface area (Å²) in [5.74, 6) is -0.114. The average molecular weight is 273 g/mol. The number of hydrogen-bond donors (Lipinski definition) is 1. The van der Waals surface area contributed by atoms with Crippen LogP contribution in [0.3, 0.4) is 0 Å². The van der Waals surface area contributed by atoms with Gasteiger partial charge < -0.3 is 10.0 Å². The third kappa shape index (κ3) is 2.73. The molecule has 19 heavy (non-hydrogen) atoms. The summed E-state index contributed by atoms with van der Waals surface area (Å²) in [6.07, 6.45) is -4.18. The zero-order valence-electron chi connectivity index (χ0n) is 10.4. The molecule has 2 rings (SSSR count). The van der Waals surface area contributed by atoms with Crippen molar-refractivity contribution in [2.75, 3.05) is 13.6 Å². The van der Waals surface area contributed by atoms with Crippen molar-refractivity contribution in [2.24, 2.45) is 0 Å². The molecule has 1 heterocycles. The first kappa shape index (κ1) is 13.9. The van der Waals surface area contributed by atoms with Gasteiger partial charge in [0.1, 0.15) is 5.60 Å². The molecule has 0 aliphatic carbocycles. The summed E-state index contributed by atoms with van der Waals surface area (Å²) in [6.45, 7) is 0.00709. The van der Waals surface area contributed by atoms with Gasteiger partial charge in [-0.25, -0.2) is 0 Å². The Morgan fingerprint density at radius 2 is 2.05 bits per heavy atom. The highest BCUT2D eigenvalue weighted by atomic mass is 19.4. The standard InChI is InChI=1S/C13H14F3NO2/c1-17-8-12(19,6-5-11(17)18)9-3-2-4-10(7-9)13(14,15)16/h2-4,7,19H,5-6,8H2,1H3. The number of likely N-dealkylation sites (tertiary alicyclic amines) is 1. The minimum Gasteiger partial charge on any atom is -0.383 e. The Labute approximate surface area is 108 Å². The van der Waals surface area contributed by atoms with E-state index < -0.39 is 17.3 Å². The Kier molecular flexibility index (Phi) is 3.30. The van der Waals surface area contributed by atoms with E-state index in [2.05, 4.69) is 0 Å². The van der Waals surface area contributed by atoms with E-state index in [9.17, 15) is 23.1 Å². The molecule has 0 bridgehead atoms. The average Bonchev–Trinajstić information content (AvgIpc) is 2.34. The highest BCUT2D eigenvalue weighted by molar-refractivity contribution is 5.77. The Hall–Kier alpha value is -1.56. The molecule has 1 saturated heterocycles. The third-order valence-corrected chi connectivity index (χ3v) is 3.40. The van der Waals surface area contributed by atoms with Gasteiger partial charge in [-0.1, -0.05) is 12.1 Å². The van der Waals surface area contributed by atoms with Crippen LogP contribution in [-0.4, -0.2) is 29.5 Å². The summed E-state index contributed by atoms with van der Waals surface area (Å²) >= 11 is 0. The second kappa shape index (κ2) is 4.52. The SMILES string of the molecule is CN1CC(O)(c2cccc(C(F)(F)F)c2)CCC1=O. The molecule has 1 atom stereocenters. The molecule has 0 radical (unpaired) electrons. The number of likely N-dealkylation sites (N-methyl/N-ethyl adjacent to an activating group) is 1. The van der Waals surface area contributed by atoms with Crippen molar-refractivity contribution in [2.45, 2.75) is 24.6 Å². The first-order valence-electron chi connectivity index (χ1n) is 5.86. The lowest BCUT2D eigenvalue weighted by molar-refractivity contribution is -0.142. The summed E-state index contributed by atoms with van der Waals surface area (Å²) in [5, 5.41) is 10.5. The van der Waals surface area contributed by atoms with Crippen LogP contribution in [0, 0.1) is 0 Å². The second-order valence-electron chi connectivity index (χ2n) is 4.86. The van der Waals surface area contributed by atoms with Gasteiger partial charge in [0.2, 0.25) is 5.91 Å². The van der Waals surface area contributed by atoms with Crippen LogP contribution in [-0.2, 0) is 16.6 Å². The number of piperidine rings is 1. The Morgan fingerprint density at radius 3 is 2.63 bits per heavy atom. The molecule has 1 aliphatic rings. The molecule has 0 saturated carbocycles. The van der Waals surface area contributed by atoms with E-state index in [1.165, 1.54) is 24.1 Å². The van der Waals surface area contributed by atoms with Crippen molar-refractivity contribution in [1.29, 1.82) is 0 Å². The van der Waals surface area contributed by atoms with Gasteiger partial charge in [0, 0.05) is 13.5 Å². The van der Waals surface area contributed by atoms with E-state index in [4.69, 9.17) is 0 Å². The molecule has 104 valence electrons. The van der Waals surface area contributed by atoms with Crippen molar-refractivity contribution < 1.29 is 23.1 Å². The lowest BCUT2D eigenvalue weighted by Gasteiger charge is -2.37. The summed E-state index contributed by atoms with van der Waals surface area (Å²) in [6, 6.07) is 4.64. The van der Waals surface area contributed by atoms with Crippen LogP contribution in [0.2, 0.25) is 0 Å². The van der Waals surface area contributed by atoms with E-state index in [-0.39, 0.29) is 30.9 Å². The second-order valence-corrected chi connectivity index (χ2v) is 4.86. The van der Waals surface area contributed by atoms with Gasteiger partial charge >= 0.3 is 6.18 Å². The predicted molar refractivity (Wildman–Crippen MR) is 62.2 cm³/mol. The maximum atomic E-state index is 12.7. The van der Waals surface area contributed by atoms with Crippen LogP contribution in [0.15, 0.2) is 24.3 Å². The van der Waals surface area contributed by atoms with Gasteiger partial charge in [-0.15, -0.1) is 0 Å². The largest absolute Gasteiger partial charge is 0.416 e. The summed E-state index contributed by atoms with van der Waals surface area (Å²) < 4.78 is 38.0. The highest BCUT2D eigenvalue weighted by Gasteiger charge is 2.38. The first-order chi connectivity index (χ1) is 8.72. The highest BCUT2D eigenvalue weighted by Crippen LogP contribution is 2.35. The number of benzene rings is 1. The van der Waals surface area contributed by atoms with Gasteiger partial charge in [0.25, 0.3) is 0 Å². The van der Waals surface area contributed by atoms with Crippen LogP contribution in [0.25, 0.3) is 0 Å². The van der Waals surface area contributed by atoms with Crippen molar-refractivity contribution in [1.82, 2.24) is 4.90 Å². The molecule has 1 aliphatic heterocycles. The maximum absolute atomic E-state index is 12.7. The van der Waals surface area contributed by atoms with Crippen LogP contribution in [0.5, 0.6) is 0 Å². The normalized spacial score (nSPS) is 24.7. The van der Waals surface area contributed by atoms with Gasteiger partial charge in [-0.05, 0) is 24.1 Å². The van der Waals surface area contributed by atoms with Crippen molar-refractivity contribution in [3.8, 4) is 0 Å². The molecule has 0 aromatic heterocycles. The fourth-order valence-electron chi connectivity index (χ4n) is 2.28. The van der Waals surface area contributed by atoms with Crippen molar-refractivity contribution >= 4 is 5.91 Å². The van der Waals surface area contributed by atoms with Gasteiger partial charge in [0.15, 0.2) is 0 Å². The Balaban J connectivity index is 2.34. The molecule has 6 heteroatoms. The molecule has 1 aromatic carbocycles. The van der Waals surface area contributed by atoms with Crippen LogP contribution in [0.4, 0.5) is 13.2 Å². The molecule has 1 amide bonds. The molecule has 0 spiro atoms. The van der Waals surface area contributed by atoms with E-state index in [1.54, 1.807) is 0 Å². The van der Waals surface area contributed by atoms with Crippen LogP contribution in [0.1, 0.15) is 24.0 Å². The van der Waals surface area contributed by atoms with Gasteiger partial charge in [0.05, 0.1) is 12.1 Å². The maximum Gasteiger partial charge on any atom is 0.416 e. The topological polar surface area (TPSA) is 40.5 Å². The van der Waals surface area contributed by atoms with Gasteiger partial charge in [-0.2, -0.15) is 13.2 Å². The first-order valence-corrected chi connectivity index (χ1v) is 5.86. The van der Waals surface area contributed by atoms with Gasteiger partial charge in [-0.3, -0.25) is 4.79 Å². The zero-order valence-corrected chi connectivity index (χ0v) is 10.4. The quantitative estimate of drug-likeness (QED) is 0.851. The fraction of sp³-hybridized carbons (Fsp3) is 0.462. The number of hydrogen-bond acceptors (Lipinski definition) is 2. The number of alkyl halides is 3. The molecule has 1 N–H and O–H groups in total. The van der Waals surface area contributed by atoms with Crippen LogP contribution < -0.4 is 0 Å². The molecular formula is C13H14F3NO2. The number of rotatable bonds is 1. The molecule has 1 fully saturated rings. The number of aliphatic hydroxyl groups is 1. The third-order valence-electron chi connectivity index (χ3n) is 3.40.